The van der Waals surface area contributed by atoms with Crippen LogP contribution >= 0.6 is 27.5 Å². The highest BCUT2D eigenvalue weighted by molar-refractivity contribution is 9.10. The Morgan fingerprint density at radius 3 is 2.76 bits per heavy atom. The maximum absolute atomic E-state index is 6.14. The Morgan fingerprint density at radius 2 is 2.24 bits per heavy atom. The molecule has 1 aromatic carbocycles. The van der Waals surface area contributed by atoms with Crippen LogP contribution in [0.1, 0.15) is 6.92 Å². The molecule has 0 amide bonds. The van der Waals surface area contributed by atoms with E-state index < -0.39 is 0 Å². The Morgan fingerprint density at radius 1 is 1.47 bits per heavy atom. The summed E-state index contributed by atoms with van der Waals surface area (Å²) in [7, 11) is 1.93. The Bertz CT molecular complexity index is 539. The molecule has 17 heavy (non-hydrogen) atoms. The second-order valence-electron chi connectivity index (χ2n) is 3.57. The van der Waals surface area contributed by atoms with Gasteiger partial charge in [-0.2, -0.15) is 0 Å². The molecule has 2 aromatic rings. The molecule has 0 unspecified atom stereocenters. The average molecular weight is 316 g/mol. The summed E-state index contributed by atoms with van der Waals surface area (Å²) in [5, 5.41) is 0.599. The molecule has 1 aromatic heterocycles. The third kappa shape index (κ3) is 2.48. The number of hydrogen-bond acceptors (Lipinski definition) is 2. The zero-order valence-corrected chi connectivity index (χ0v) is 11.9. The number of aromatic nitrogens is 2. The second-order valence-corrected chi connectivity index (χ2v) is 4.73. The number of imidazole rings is 1. The lowest BCUT2D eigenvalue weighted by atomic mass is 10.1. The van der Waals surface area contributed by atoms with E-state index in [0.29, 0.717) is 17.4 Å². The van der Waals surface area contributed by atoms with Crippen molar-refractivity contribution in [1.82, 2.24) is 9.55 Å². The van der Waals surface area contributed by atoms with Gasteiger partial charge < -0.3 is 9.30 Å². The molecule has 2 rings (SSSR count). The predicted molar refractivity (Wildman–Crippen MR) is 72.5 cm³/mol. The molecule has 0 fully saturated rings. The molecule has 0 atom stereocenters. The largest absolute Gasteiger partial charge is 0.492 e. The molecular formula is C12H12BrClN2O. The fraction of sp³-hybridized carbons (Fsp3) is 0.250. The molecular weight excluding hydrogens is 304 g/mol. The zero-order chi connectivity index (χ0) is 12.4. The first-order chi connectivity index (χ1) is 8.13. The van der Waals surface area contributed by atoms with Crippen LogP contribution in [-0.2, 0) is 7.05 Å². The Balaban J connectivity index is 2.41. The van der Waals surface area contributed by atoms with E-state index in [-0.39, 0.29) is 0 Å². The van der Waals surface area contributed by atoms with Crippen molar-refractivity contribution in [3.63, 3.8) is 0 Å². The van der Waals surface area contributed by atoms with Crippen molar-refractivity contribution in [3.05, 3.63) is 34.2 Å². The van der Waals surface area contributed by atoms with Gasteiger partial charge in [0.15, 0.2) is 0 Å². The van der Waals surface area contributed by atoms with Gasteiger partial charge in [0.2, 0.25) is 0 Å². The number of aryl methyl sites for hydroxylation is 1. The third-order valence-electron chi connectivity index (χ3n) is 2.37. The van der Waals surface area contributed by atoms with E-state index >= 15 is 0 Å². The molecule has 0 N–H and O–H groups in total. The zero-order valence-electron chi connectivity index (χ0n) is 9.58. The summed E-state index contributed by atoms with van der Waals surface area (Å²) in [5.74, 6) is 0.699. The molecule has 0 saturated carbocycles. The molecule has 5 heteroatoms. The molecule has 3 nitrogen and oxygen atoms in total. The van der Waals surface area contributed by atoms with Gasteiger partial charge in [-0.3, -0.25) is 0 Å². The van der Waals surface area contributed by atoms with Gasteiger partial charge in [-0.15, -0.1) is 0 Å². The summed E-state index contributed by atoms with van der Waals surface area (Å²) >= 11 is 9.63. The van der Waals surface area contributed by atoms with Gasteiger partial charge in [-0.05, 0) is 41.1 Å². The van der Waals surface area contributed by atoms with E-state index in [9.17, 15) is 0 Å². The topological polar surface area (TPSA) is 27.1 Å². The third-order valence-corrected chi connectivity index (χ3v) is 3.60. The first-order valence-corrected chi connectivity index (χ1v) is 6.40. The van der Waals surface area contributed by atoms with Crippen molar-refractivity contribution < 1.29 is 4.74 Å². The van der Waals surface area contributed by atoms with Crippen LogP contribution < -0.4 is 4.74 Å². The number of benzene rings is 1. The molecule has 0 bridgehead atoms. The van der Waals surface area contributed by atoms with Crippen LogP contribution in [0.5, 0.6) is 5.75 Å². The fourth-order valence-corrected chi connectivity index (χ4v) is 2.19. The normalized spacial score (nSPS) is 10.6. The highest BCUT2D eigenvalue weighted by Crippen LogP contribution is 2.32. The van der Waals surface area contributed by atoms with Crippen molar-refractivity contribution in [2.75, 3.05) is 6.61 Å². The minimum Gasteiger partial charge on any atom is -0.492 e. The molecule has 0 aliphatic carbocycles. The Labute approximate surface area is 114 Å². The maximum atomic E-state index is 6.14. The summed E-state index contributed by atoms with van der Waals surface area (Å²) in [6.07, 6.45) is 1.75. The highest BCUT2D eigenvalue weighted by atomic mass is 79.9. The first kappa shape index (κ1) is 12.5. The van der Waals surface area contributed by atoms with E-state index in [0.717, 1.165) is 15.9 Å². The van der Waals surface area contributed by atoms with Crippen molar-refractivity contribution in [3.8, 4) is 17.0 Å². The first-order valence-electron chi connectivity index (χ1n) is 5.23. The van der Waals surface area contributed by atoms with E-state index in [2.05, 4.69) is 20.9 Å². The molecule has 0 aliphatic heterocycles. The number of ether oxygens (including phenoxy) is 1. The molecule has 0 spiro atoms. The van der Waals surface area contributed by atoms with Gasteiger partial charge in [-0.1, -0.05) is 11.6 Å². The summed E-state index contributed by atoms with van der Waals surface area (Å²) in [4.78, 5) is 4.32. The Hall–Kier alpha value is -1.00. The summed E-state index contributed by atoms with van der Waals surface area (Å²) in [5.41, 5.74) is 1.84. The van der Waals surface area contributed by atoms with Gasteiger partial charge in [0.1, 0.15) is 16.0 Å². The number of rotatable bonds is 3. The van der Waals surface area contributed by atoms with Gasteiger partial charge in [0.25, 0.3) is 0 Å². The van der Waals surface area contributed by atoms with E-state index in [4.69, 9.17) is 16.3 Å². The smallest absolute Gasteiger partial charge is 0.137 e. The lowest BCUT2D eigenvalue weighted by Crippen LogP contribution is -1.92. The van der Waals surface area contributed by atoms with Crippen molar-refractivity contribution in [1.29, 1.82) is 0 Å². The highest BCUT2D eigenvalue weighted by Gasteiger charge is 2.10. The van der Waals surface area contributed by atoms with Gasteiger partial charge in [0.05, 0.1) is 18.0 Å². The van der Waals surface area contributed by atoms with Gasteiger partial charge in [0, 0.05) is 12.6 Å². The summed E-state index contributed by atoms with van der Waals surface area (Å²) in [6.45, 7) is 2.53. The van der Waals surface area contributed by atoms with Crippen LogP contribution in [0.4, 0.5) is 0 Å². The lowest BCUT2D eigenvalue weighted by molar-refractivity contribution is 0.340. The minimum absolute atomic E-state index is 0.599. The number of halogens is 2. The molecule has 90 valence electrons. The van der Waals surface area contributed by atoms with Crippen LogP contribution in [0.25, 0.3) is 11.3 Å². The summed E-state index contributed by atoms with van der Waals surface area (Å²) in [6, 6.07) is 5.67. The quantitative estimate of drug-likeness (QED) is 0.859. The van der Waals surface area contributed by atoms with Crippen LogP contribution in [-0.4, -0.2) is 16.2 Å². The standard InChI is InChI=1S/C12H12BrClN2O/c1-3-17-10-5-4-8(6-9(10)14)11-12(13)16(2)7-15-11/h4-7H,3H2,1-2H3. The molecule has 0 aliphatic rings. The minimum atomic E-state index is 0.599. The fourth-order valence-electron chi connectivity index (χ4n) is 1.53. The monoisotopic (exact) mass is 314 g/mol. The predicted octanol–water partition coefficient (Wildman–Crippen LogP) is 3.90. The van der Waals surface area contributed by atoms with Gasteiger partial charge >= 0.3 is 0 Å². The number of nitrogens with zero attached hydrogens (tertiary/aromatic N) is 2. The van der Waals surface area contributed by atoms with Crippen LogP contribution in [0.2, 0.25) is 5.02 Å². The SMILES string of the molecule is CCOc1ccc(-c2ncn(C)c2Br)cc1Cl. The molecule has 0 radical (unpaired) electrons. The lowest BCUT2D eigenvalue weighted by Gasteiger charge is -2.07. The average Bonchev–Trinajstić information content (AvgIpc) is 2.63. The van der Waals surface area contributed by atoms with E-state index in [1.165, 1.54) is 0 Å². The number of hydrogen-bond donors (Lipinski definition) is 0. The molecule has 0 saturated heterocycles. The maximum Gasteiger partial charge on any atom is 0.137 e. The molecule has 1 heterocycles. The van der Waals surface area contributed by atoms with Gasteiger partial charge in [-0.25, -0.2) is 4.98 Å². The van der Waals surface area contributed by atoms with Crippen LogP contribution in [0.3, 0.4) is 0 Å². The summed E-state index contributed by atoms with van der Waals surface area (Å²) < 4.78 is 8.22. The van der Waals surface area contributed by atoms with Crippen LogP contribution in [0.15, 0.2) is 29.1 Å². The second kappa shape index (κ2) is 5.10. The van der Waals surface area contributed by atoms with Crippen LogP contribution in [0, 0.1) is 0 Å². The Kier molecular flexibility index (Phi) is 3.74. The van der Waals surface area contributed by atoms with Crippen molar-refractivity contribution >= 4 is 27.5 Å². The van der Waals surface area contributed by atoms with Crippen molar-refractivity contribution in [2.45, 2.75) is 6.92 Å². The van der Waals surface area contributed by atoms with Crippen molar-refractivity contribution in [2.24, 2.45) is 7.05 Å². The van der Waals surface area contributed by atoms with E-state index in [1.54, 1.807) is 6.33 Å². The van der Waals surface area contributed by atoms with E-state index in [1.807, 2.05) is 36.7 Å².